The lowest BCUT2D eigenvalue weighted by Gasteiger charge is -2.26. The summed E-state index contributed by atoms with van der Waals surface area (Å²) in [6.45, 7) is 3.16. The van der Waals surface area contributed by atoms with Crippen LogP contribution in [0.4, 0.5) is 0 Å². The predicted molar refractivity (Wildman–Crippen MR) is 79.0 cm³/mol. The van der Waals surface area contributed by atoms with E-state index in [0.29, 0.717) is 25.8 Å². The Labute approximate surface area is 129 Å². The summed E-state index contributed by atoms with van der Waals surface area (Å²) < 4.78 is 12.5. The molecule has 0 aliphatic carbocycles. The van der Waals surface area contributed by atoms with E-state index in [9.17, 15) is 5.11 Å². The highest BCUT2D eigenvalue weighted by Crippen LogP contribution is 2.18. The lowest BCUT2D eigenvalue weighted by molar-refractivity contribution is 0.00212. The van der Waals surface area contributed by atoms with E-state index in [-0.39, 0.29) is 0 Å². The van der Waals surface area contributed by atoms with E-state index in [1.165, 1.54) is 0 Å². The number of aromatic nitrogens is 3. The van der Waals surface area contributed by atoms with Crippen LogP contribution >= 0.6 is 0 Å². The van der Waals surface area contributed by atoms with E-state index in [2.05, 4.69) is 15.0 Å². The Hall–Kier alpha value is -1.70. The van der Waals surface area contributed by atoms with Crippen LogP contribution in [0, 0.1) is 0 Å². The van der Waals surface area contributed by atoms with E-state index in [1.807, 2.05) is 16.8 Å². The molecule has 1 saturated heterocycles. The molecule has 3 heterocycles. The molecule has 0 aromatic carbocycles. The van der Waals surface area contributed by atoms with Gasteiger partial charge in [-0.05, 0) is 31.5 Å². The third-order valence-corrected chi connectivity index (χ3v) is 3.94. The molecule has 1 N–H and O–H groups in total. The molecule has 2 aromatic rings. The van der Waals surface area contributed by atoms with Crippen LogP contribution in [0.5, 0.6) is 0 Å². The van der Waals surface area contributed by atoms with Crippen LogP contribution in [0.2, 0.25) is 0 Å². The lowest BCUT2D eigenvalue weighted by atomic mass is 10.2. The number of rotatable bonds is 8. The van der Waals surface area contributed by atoms with Gasteiger partial charge in [0.1, 0.15) is 25.0 Å². The standard InChI is InChI=1S/C15H22N4O3/c20-14(9-21-10-15-4-2-6-22-15)8-18-5-1-3-13(18)7-19-12-16-11-17-19/h2,4,6,11-14,20H,1,3,5,7-10H2/t13-,14+/m0/s1. The molecule has 0 spiro atoms. The van der Waals surface area contributed by atoms with Crippen molar-refractivity contribution < 1.29 is 14.3 Å². The predicted octanol–water partition coefficient (Wildman–Crippen LogP) is 0.913. The van der Waals surface area contributed by atoms with Gasteiger partial charge in [0.25, 0.3) is 0 Å². The minimum atomic E-state index is -0.494. The van der Waals surface area contributed by atoms with Gasteiger partial charge in [0.2, 0.25) is 0 Å². The van der Waals surface area contributed by atoms with Crippen molar-refractivity contribution >= 4 is 0 Å². The molecule has 0 amide bonds. The Morgan fingerprint density at radius 1 is 1.50 bits per heavy atom. The number of aliphatic hydroxyl groups excluding tert-OH is 1. The van der Waals surface area contributed by atoms with Crippen molar-refractivity contribution in [3.8, 4) is 0 Å². The molecule has 7 heteroatoms. The largest absolute Gasteiger partial charge is 0.467 e. The topological polar surface area (TPSA) is 76.6 Å². The van der Waals surface area contributed by atoms with Crippen molar-refractivity contribution in [2.24, 2.45) is 0 Å². The summed E-state index contributed by atoms with van der Waals surface area (Å²) in [5.41, 5.74) is 0. The molecule has 120 valence electrons. The van der Waals surface area contributed by atoms with Crippen molar-refractivity contribution in [2.75, 3.05) is 19.7 Å². The van der Waals surface area contributed by atoms with Gasteiger partial charge in [0.05, 0.1) is 25.5 Å². The molecule has 1 aliphatic rings. The van der Waals surface area contributed by atoms with Gasteiger partial charge < -0.3 is 14.3 Å². The van der Waals surface area contributed by atoms with Crippen molar-refractivity contribution in [1.82, 2.24) is 19.7 Å². The maximum Gasteiger partial charge on any atom is 0.137 e. The third kappa shape index (κ3) is 4.16. The second-order valence-corrected chi connectivity index (χ2v) is 5.66. The number of likely N-dealkylation sites (tertiary alicyclic amines) is 1. The maximum absolute atomic E-state index is 10.2. The zero-order valence-electron chi connectivity index (χ0n) is 12.5. The van der Waals surface area contributed by atoms with E-state index in [1.54, 1.807) is 18.9 Å². The van der Waals surface area contributed by atoms with Crippen molar-refractivity contribution in [3.05, 3.63) is 36.8 Å². The van der Waals surface area contributed by atoms with Crippen LogP contribution in [0.25, 0.3) is 0 Å². The van der Waals surface area contributed by atoms with E-state index >= 15 is 0 Å². The summed E-state index contributed by atoms with van der Waals surface area (Å²) >= 11 is 0. The fourth-order valence-electron chi connectivity index (χ4n) is 2.90. The Balaban J connectivity index is 1.40. The van der Waals surface area contributed by atoms with Crippen LogP contribution < -0.4 is 0 Å². The molecule has 22 heavy (non-hydrogen) atoms. The highest BCUT2D eigenvalue weighted by atomic mass is 16.5. The molecule has 1 fully saturated rings. The van der Waals surface area contributed by atoms with E-state index in [0.717, 1.165) is 31.7 Å². The molecule has 0 radical (unpaired) electrons. The molecular weight excluding hydrogens is 284 g/mol. The lowest BCUT2D eigenvalue weighted by Crippen LogP contribution is -2.40. The van der Waals surface area contributed by atoms with Gasteiger partial charge in [-0.1, -0.05) is 0 Å². The van der Waals surface area contributed by atoms with E-state index < -0.39 is 6.10 Å². The van der Waals surface area contributed by atoms with Crippen LogP contribution in [-0.4, -0.2) is 56.6 Å². The maximum atomic E-state index is 10.2. The van der Waals surface area contributed by atoms with Gasteiger partial charge in [0, 0.05) is 12.6 Å². The molecule has 2 aromatic heterocycles. The SMILES string of the molecule is O[C@@H](COCc1ccco1)CN1CCC[C@H]1Cn1cncn1. The Bertz CT molecular complexity index is 529. The van der Waals surface area contributed by atoms with Gasteiger partial charge in [0.15, 0.2) is 0 Å². The van der Waals surface area contributed by atoms with Crippen molar-refractivity contribution in [3.63, 3.8) is 0 Å². The number of ether oxygens (including phenoxy) is 1. The highest BCUT2D eigenvalue weighted by Gasteiger charge is 2.26. The highest BCUT2D eigenvalue weighted by molar-refractivity contribution is 4.96. The molecule has 0 saturated carbocycles. The summed E-state index contributed by atoms with van der Waals surface area (Å²) in [6, 6.07) is 4.09. The van der Waals surface area contributed by atoms with Crippen molar-refractivity contribution in [2.45, 2.75) is 38.1 Å². The number of nitrogens with zero attached hydrogens (tertiary/aromatic N) is 4. The monoisotopic (exact) mass is 306 g/mol. The molecule has 0 bridgehead atoms. The number of aliphatic hydroxyl groups is 1. The summed E-state index contributed by atoms with van der Waals surface area (Å²) in [5.74, 6) is 0.775. The normalized spacial score (nSPS) is 20.5. The minimum absolute atomic E-state index is 0.313. The number of furan rings is 1. The van der Waals surface area contributed by atoms with Crippen LogP contribution in [-0.2, 0) is 17.9 Å². The Morgan fingerprint density at radius 3 is 3.23 bits per heavy atom. The Kier molecular flexibility index (Phi) is 5.20. The average Bonchev–Trinajstić information content (AvgIpc) is 3.23. The van der Waals surface area contributed by atoms with Crippen LogP contribution in [0.3, 0.4) is 0 Å². The quantitative estimate of drug-likeness (QED) is 0.781. The van der Waals surface area contributed by atoms with Gasteiger partial charge in [-0.2, -0.15) is 5.10 Å². The van der Waals surface area contributed by atoms with Crippen LogP contribution in [0.15, 0.2) is 35.5 Å². The molecule has 2 atom stereocenters. The molecule has 0 unspecified atom stereocenters. The smallest absolute Gasteiger partial charge is 0.137 e. The fraction of sp³-hybridized carbons (Fsp3) is 0.600. The first-order valence-corrected chi connectivity index (χ1v) is 7.66. The summed E-state index contributed by atoms with van der Waals surface area (Å²) in [6.07, 6.45) is 6.69. The molecule has 1 aliphatic heterocycles. The van der Waals surface area contributed by atoms with Gasteiger partial charge >= 0.3 is 0 Å². The average molecular weight is 306 g/mol. The Morgan fingerprint density at radius 2 is 2.45 bits per heavy atom. The fourth-order valence-corrected chi connectivity index (χ4v) is 2.90. The first kappa shape index (κ1) is 15.2. The molecule has 3 rings (SSSR count). The molecule has 7 nitrogen and oxygen atoms in total. The number of β-amino-alcohol motifs (C(OH)–C–C–N with tert-alkyl or cyclic N) is 1. The minimum Gasteiger partial charge on any atom is -0.467 e. The van der Waals surface area contributed by atoms with Crippen molar-refractivity contribution in [1.29, 1.82) is 0 Å². The first-order valence-electron chi connectivity index (χ1n) is 7.66. The second kappa shape index (κ2) is 7.53. The van der Waals surface area contributed by atoms with Gasteiger partial charge in [-0.15, -0.1) is 0 Å². The second-order valence-electron chi connectivity index (χ2n) is 5.66. The zero-order valence-corrected chi connectivity index (χ0v) is 12.5. The van der Waals surface area contributed by atoms with Crippen LogP contribution in [0.1, 0.15) is 18.6 Å². The molecular formula is C15H22N4O3. The summed E-state index contributed by atoms with van der Waals surface area (Å²) in [4.78, 5) is 6.28. The summed E-state index contributed by atoms with van der Waals surface area (Å²) in [7, 11) is 0. The van der Waals surface area contributed by atoms with Gasteiger partial charge in [-0.25, -0.2) is 4.98 Å². The van der Waals surface area contributed by atoms with Gasteiger partial charge in [-0.3, -0.25) is 9.58 Å². The third-order valence-electron chi connectivity index (χ3n) is 3.94. The first-order chi connectivity index (χ1) is 10.8. The number of hydrogen-bond donors (Lipinski definition) is 1. The zero-order chi connectivity index (χ0) is 15.2. The van der Waals surface area contributed by atoms with E-state index in [4.69, 9.17) is 9.15 Å². The number of hydrogen-bond acceptors (Lipinski definition) is 6. The summed E-state index contributed by atoms with van der Waals surface area (Å²) in [5, 5.41) is 14.3.